The van der Waals surface area contributed by atoms with Crippen LogP contribution in [0.1, 0.15) is 19.3 Å². The number of amides is 1. The van der Waals surface area contributed by atoms with Gasteiger partial charge in [0, 0.05) is 12.6 Å². The predicted molar refractivity (Wildman–Crippen MR) is 76.2 cm³/mol. The van der Waals surface area contributed by atoms with Gasteiger partial charge in [-0.2, -0.15) is 0 Å². The topological polar surface area (TPSA) is 84.7 Å². The van der Waals surface area contributed by atoms with Crippen LogP contribution in [-0.2, 0) is 14.3 Å². The molecule has 0 aliphatic carbocycles. The minimum absolute atomic E-state index is 0.0125. The van der Waals surface area contributed by atoms with Gasteiger partial charge < -0.3 is 15.4 Å². The Kier molecular flexibility index (Phi) is 6.42. The maximum atomic E-state index is 12.5. The van der Waals surface area contributed by atoms with Crippen molar-refractivity contribution in [1.29, 1.82) is 0 Å². The predicted octanol–water partition coefficient (Wildman–Crippen LogP) is -0.198. The number of methoxy groups -OCH3 is 1. The van der Waals surface area contributed by atoms with Gasteiger partial charge in [-0.15, -0.1) is 6.58 Å². The molecule has 7 heteroatoms. The highest BCUT2D eigenvalue weighted by atomic mass is 31.0. The summed E-state index contributed by atoms with van der Waals surface area (Å²) < 4.78 is 4.77. The lowest BCUT2D eigenvalue weighted by Crippen LogP contribution is -2.53. The molecule has 0 saturated carbocycles. The number of carbonyl (C=O) groups excluding carboxylic acids is 2. The maximum Gasteiger partial charge on any atom is 0.328 e. The molecule has 3 N–H and O–H groups in total. The highest BCUT2D eigenvalue weighted by Gasteiger charge is 2.42. The minimum atomic E-state index is -0.519. The lowest BCUT2D eigenvalue weighted by molar-refractivity contribution is -0.152. The smallest absolute Gasteiger partial charge is 0.328 e. The normalized spacial score (nSPS) is 24.1. The molecule has 1 amide bonds. The molecule has 4 unspecified atom stereocenters. The van der Waals surface area contributed by atoms with Crippen LogP contribution in [0.15, 0.2) is 12.7 Å². The zero-order chi connectivity index (χ0) is 14.4. The van der Waals surface area contributed by atoms with Crippen molar-refractivity contribution in [2.45, 2.75) is 37.4 Å². The fraction of sp³-hybridized carbons (Fsp3) is 0.667. The van der Waals surface area contributed by atoms with Gasteiger partial charge in [0.2, 0.25) is 5.91 Å². The van der Waals surface area contributed by atoms with Crippen molar-refractivity contribution in [2.75, 3.05) is 13.7 Å². The number of nitrogens with one attached hydrogen (secondary N) is 1. The Bertz CT molecular complexity index is 347. The van der Waals surface area contributed by atoms with E-state index in [1.165, 1.54) is 7.11 Å². The molecule has 1 fully saturated rings. The van der Waals surface area contributed by atoms with E-state index in [-0.39, 0.29) is 24.5 Å². The summed E-state index contributed by atoms with van der Waals surface area (Å²) in [4.78, 5) is 25.8. The highest BCUT2D eigenvalue weighted by molar-refractivity contribution is 7.13. The van der Waals surface area contributed by atoms with Crippen LogP contribution in [0, 0.1) is 0 Å². The number of carbonyl (C=O) groups is 2. The monoisotopic (exact) mass is 287 g/mol. The standard InChI is InChI=1S/C12H22N3O3P/c1-3-4-8-5-6-10(12(17)18-2)15(8)11(16)9(7-13)14-19/h3,8-10,14H,1,4-7,13,19H2,2H3. The molecule has 4 atom stereocenters. The van der Waals surface area contributed by atoms with Crippen molar-refractivity contribution in [3.05, 3.63) is 12.7 Å². The van der Waals surface area contributed by atoms with Crippen LogP contribution in [0.3, 0.4) is 0 Å². The van der Waals surface area contributed by atoms with E-state index in [4.69, 9.17) is 10.5 Å². The van der Waals surface area contributed by atoms with E-state index in [1.807, 2.05) is 0 Å². The first-order valence-corrected chi connectivity index (χ1v) is 6.85. The van der Waals surface area contributed by atoms with Gasteiger partial charge in [0.15, 0.2) is 0 Å². The van der Waals surface area contributed by atoms with Crippen LogP contribution in [0.4, 0.5) is 0 Å². The highest BCUT2D eigenvalue weighted by Crippen LogP contribution is 2.28. The number of nitrogens with zero attached hydrogens (tertiary/aromatic N) is 1. The molecule has 1 aliphatic heterocycles. The summed E-state index contributed by atoms with van der Waals surface area (Å²) in [7, 11) is 3.62. The van der Waals surface area contributed by atoms with Gasteiger partial charge in [-0.25, -0.2) is 4.79 Å². The van der Waals surface area contributed by atoms with Gasteiger partial charge in [-0.05, 0) is 19.3 Å². The fourth-order valence-electron chi connectivity index (χ4n) is 2.43. The molecular formula is C12H22N3O3P. The Morgan fingerprint density at radius 2 is 2.32 bits per heavy atom. The van der Waals surface area contributed by atoms with Crippen molar-refractivity contribution in [1.82, 2.24) is 9.99 Å². The molecule has 1 saturated heterocycles. The van der Waals surface area contributed by atoms with Crippen LogP contribution >= 0.6 is 9.39 Å². The summed E-state index contributed by atoms with van der Waals surface area (Å²) in [5, 5.41) is 2.79. The zero-order valence-corrected chi connectivity index (χ0v) is 12.3. The number of esters is 1. The number of ether oxygens (including phenoxy) is 1. The summed E-state index contributed by atoms with van der Waals surface area (Å²) in [5.74, 6) is -0.545. The van der Waals surface area contributed by atoms with Crippen LogP contribution in [0.25, 0.3) is 0 Å². The van der Waals surface area contributed by atoms with Crippen LogP contribution in [0.5, 0.6) is 0 Å². The van der Waals surface area contributed by atoms with Crippen molar-refractivity contribution >= 4 is 21.3 Å². The number of likely N-dealkylation sites (tertiary alicyclic amines) is 1. The summed E-state index contributed by atoms with van der Waals surface area (Å²) >= 11 is 0. The summed E-state index contributed by atoms with van der Waals surface area (Å²) in [6.07, 6.45) is 3.81. The second kappa shape index (κ2) is 7.58. The van der Waals surface area contributed by atoms with Crippen molar-refractivity contribution in [3.63, 3.8) is 0 Å². The van der Waals surface area contributed by atoms with E-state index in [2.05, 4.69) is 21.1 Å². The van der Waals surface area contributed by atoms with Gasteiger partial charge in [-0.3, -0.25) is 9.88 Å². The van der Waals surface area contributed by atoms with Crippen molar-refractivity contribution in [3.8, 4) is 0 Å². The zero-order valence-electron chi connectivity index (χ0n) is 11.2. The number of hydrogen-bond donors (Lipinski definition) is 2. The van der Waals surface area contributed by atoms with Crippen LogP contribution in [-0.4, -0.2) is 48.6 Å². The van der Waals surface area contributed by atoms with Gasteiger partial charge in [0.05, 0.1) is 7.11 Å². The van der Waals surface area contributed by atoms with Gasteiger partial charge in [-0.1, -0.05) is 15.5 Å². The molecule has 1 rings (SSSR count). The Hall–Kier alpha value is -0.970. The third-order valence-electron chi connectivity index (χ3n) is 3.40. The third-order valence-corrected chi connectivity index (χ3v) is 3.81. The average Bonchev–Trinajstić information content (AvgIpc) is 2.83. The largest absolute Gasteiger partial charge is 0.467 e. The van der Waals surface area contributed by atoms with Crippen LogP contribution < -0.4 is 10.8 Å². The molecule has 0 aromatic heterocycles. The summed E-state index contributed by atoms with van der Waals surface area (Å²) in [6.45, 7) is 3.87. The lowest BCUT2D eigenvalue weighted by Gasteiger charge is -2.31. The number of hydrogen-bond acceptors (Lipinski definition) is 5. The Balaban J connectivity index is 2.94. The molecule has 0 spiro atoms. The quantitative estimate of drug-likeness (QED) is 0.401. The van der Waals surface area contributed by atoms with E-state index in [0.29, 0.717) is 12.8 Å². The molecule has 0 bridgehead atoms. The van der Waals surface area contributed by atoms with E-state index in [0.717, 1.165) is 6.42 Å². The van der Waals surface area contributed by atoms with Gasteiger partial charge in [0.1, 0.15) is 12.1 Å². The molecule has 1 heterocycles. The van der Waals surface area contributed by atoms with Crippen molar-refractivity contribution < 1.29 is 14.3 Å². The molecule has 19 heavy (non-hydrogen) atoms. The second-order valence-corrected chi connectivity index (χ2v) is 4.83. The van der Waals surface area contributed by atoms with E-state index in [1.54, 1.807) is 11.0 Å². The maximum absolute atomic E-state index is 12.5. The van der Waals surface area contributed by atoms with Gasteiger partial charge in [0.25, 0.3) is 0 Å². The molecule has 108 valence electrons. The summed E-state index contributed by atoms with van der Waals surface area (Å²) in [6, 6.07) is -1.04. The Morgan fingerprint density at radius 1 is 1.63 bits per heavy atom. The molecular weight excluding hydrogens is 265 g/mol. The van der Waals surface area contributed by atoms with E-state index >= 15 is 0 Å². The molecule has 0 radical (unpaired) electrons. The molecule has 0 aromatic carbocycles. The van der Waals surface area contributed by atoms with Crippen molar-refractivity contribution in [2.24, 2.45) is 5.73 Å². The Labute approximate surface area is 116 Å². The van der Waals surface area contributed by atoms with Crippen LogP contribution in [0.2, 0.25) is 0 Å². The minimum Gasteiger partial charge on any atom is -0.467 e. The SMILES string of the molecule is C=CCC1CCC(C(=O)OC)N1C(=O)C(CN)NP. The van der Waals surface area contributed by atoms with E-state index in [9.17, 15) is 9.59 Å². The Morgan fingerprint density at radius 3 is 2.79 bits per heavy atom. The number of rotatable bonds is 6. The summed E-state index contributed by atoms with van der Waals surface area (Å²) in [5.41, 5.74) is 5.57. The first kappa shape index (κ1) is 16.1. The molecule has 1 aliphatic rings. The molecule has 6 nitrogen and oxygen atoms in total. The second-order valence-electron chi connectivity index (χ2n) is 4.49. The third kappa shape index (κ3) is 3.53. The average molecular weight is 287 g/mol. The van der Waals surface area contributed by atoms with Gasteiger partial charge >= 0.3 is 5.97 Å². The fourth-order valence-corrected chi connectivity index (χ4v) is 2.71. The first-order valence-electron chi connectivity index (χ1n) is 6.27. The van der Waals surface area contributed by atoms with E-state index < -0.39 is 12.1 Å². The first-order chi connectivity index (χ1) is 9.10. The molecule has 0 aromatic rings. The lowest BCUT2D eigenvalue weighted by atomic mass is 10.1. The number of nitrogens with two attached hydrogens (primary N) is 1.